The number of aromatic amines is 1. The molecule has 0 fully saturated rings. The molecule has 0 unspecified atom stereocenters. The fourth-order valence-corrected chi connectivity index (χ4v) is 0.445. The van der Waals surface area contributed by atoms with Gasteiger partial charge in [-0.1, -0.05) is 11.6 Å². The Morgan fingerprint density at radius 3 is 2.71 bits per heavy atom. The van der Waals surface area contributed by atoms with Crippen LogP contribution in [0.15, 0.2) is 6.33 Å². The number of aromatic nitrogens is 2. The predicted octanol–water partition coefficient (Wildman–Crippen LogP) is 1.37. The molecule has 0 aliphatic heterocycles. The first-order chi connectivity index (χ1) is 3.30. The van der Waals surface area contributed by atoms with Gasteiger partial charge in [0.15, 0.2) is 0 Å². The van der Waals surface area contributed by atoms with E-state index < -0.39 is 0 Å². The Hall–Kier alpha value is -0.500. The first kappa shape index (κ1) is 4.65. The molecule has 1 heterocycles. The maximum atomic E-state index is 5.48. The molecule has 0 aromatic carbocycles. The summed E-state index contributed by atoms with van der Waals surface area (Å²) in [7, 11) is 0. The van der Waals surface area contributed by atoms with E-state index in [0.29, 0.717) is 5.15 Å². The van der Waals surface area contributed by atoms with Crippen LogP contribution in [0.3, 0.4) is 0 Å². The molecule has 1 aromatic rings. The minimum absolute atomic E-state index is 0.556. The normalized spacial score (nSPS) is 9.43. The first-order valence-electron chi connectivity index (χ1n) is 1.96. The SMILES string of the molecule is Cc1[nH]cnc1Cl. The third-order valence-corrected chi connectivity index (χ3v) is 1.15. The van der Waals surface area contributed by atoms with E-state index in [0.717, 1.165) is 5.69 Å². The van der Waals surface area contributed by atoms with Crippen LogP contribution >= 0.6 is 11.6 Å². The third kappa shape index (κ3) is 0.747. The lowest BCUT2D eigenvalue weighted by molar-refractivity contribution is 1.25. The van der Waals surface area contributed by atoms with Gasteiger partial charge >= 0.3 is 0 Å². The average Bonchev–Trinajstić information content (AvgIpc) is 1.91. The molecule has 38 valence electrons. The van der Waals surface area contributed by atoms with Gasteiger partial charge in [0.05, 0.1) is 12.0 Å². The van der Waals surface area contributed by atoms with E-state index in [4.69, 9.17) is 11.6 Å². The van der Waals surface area contributed by atoms with Crippen LogP contribution in [0.5, 0.6) is 0 Å². The molecule has 0 atom stereocenters. The maximum Gasteiger partial charge on any atom is 0.149 e. The van der Waals surface area contributed by atoms with Gasteiger partial charge in [-0.15, -0.1) is 0 Å². The summed E-state index contributed by atoms with van der Waals surface area (Å²) >= 11 is 5.48. The largest absolute Gasteiger partial charge is 0.347 e. The fourth-order valence-electron chi connectivity index (χ4n) is 0.342. The maximum absolute atomic E-state index is 5.48. The van der Waals surface area contributed by atoms with Gasteiger partial charge < -0.3 is 4.98 Å². The van der Waals surface area contributed by atoms with E-state index >= 15 is 0 Å². The molecule has 2 nitrogen and oxygen atoms in total. The lowest BCUT2D eigenvalue weighted by Gasteiger charge is -1.76. The second-order valence-electron chi connectivity index (χ2n) is 1.32. The smallest absolute Gasteiger partial charge is 0.149 e. The molecular weight excluding hydrogens is 112 g/mol. The van der Waals surface area contributed by atoms with Crippen LogP contribution in [-0.4, -0.2) is 9.97 Å². The van der Waals surface area contributed by atoms with Gasteiger partial charge in [-0.05, 0) is 6.92 Å². The highest BCUT2D eigenvalue weighted by atomic mass is 35.5. The molecule has 0 bridgehead atoms. The third-order valence-electron chi connectivity index (χ3n) is 0.768. The Labute approximate surface area is 46.5 Å². The highest BCUT2D eigenvalue weighted by molar-refractivity contribution is 6.29. The zero-order chi connectivity index (χ0) is 5.28. The molecule has 7 heavy (non-hydrogen) atoms. The Kier molecular flexibility index (Phi) is 1.02. The van der Waals surface area contributed by atoms with Gasteiger partial charge in [0.25, 0.3) is 0 Å². The average molecular weight is 117 g/mol. The van der Waals surface area contributed by atoms with E-state index in [1.807, 2.05) is 6.92 Å². The van der Waals surface area contributed by atoms with Crippen LogP contribution in [0.25, 0.3) is 0 Å². The minimum atomic E-state index is 0.556. The van der Waals surface area contributed by atoms with Gasteiger partial charge in [0.1, 0.15) is 5.15 Å². The Bertz CT molecular complexity index is 142. The van der Waals surface area contributed by atoms with Gasteiger partial charge in [0.2, 0.25) is 0 Å². The summed E-state index contributed by atoms with van der Waals surface area (Å²) in [4.78, 5) is 6.55. The van der Waals surface area contributed by atoms with Gasteiger partial charge in [0, 0.05) is 0 Å². The quantitative estimate of drug-likeness (QED) is 0.545. The van der Waals surface area contributed by atoms with Crippen molar-refractivity contribution < 1.29 is 0 Å². The molecule has 0 spiro atoms. The van der Waals surface area contributed by atoms with Crippen molar-refractivity contribution >= 4 is 11.6 Å². The Morgan fingerprint density at radius 2 is 2.57 bits per heavy atom. The van der Waals surface area contributed by atoms with Crippen molar-refractivity contribution in [2.24, 2.45) is 0 Å². The van der Waals surface area contributed by atoms with Crippen molar-refractivity contribution in [2.45, 2.75) is 6.92 Å². The van der Waals surface area contributed by atoms with Crippen molar-refractivity contribution in [3.63, 3.8) is 0 Å². The van der Waals surface area contributed by atoms with Crippen LogP contribution in [0.2, 0.25) is 5.15 Å². The number of nitrogens with one attached hydrogen (secondary N) is 1. The van der Waals surface area contributed by atoms with E-state index in [9.17, 15) is 0 Å². The number of hydrogen-bond acceptors (Lipinski definition) is 1. The lowest BCUT2D eigenvalue weighted by atomic mass is 10.6. The summed E-state index contributed by atoms with van der Waals surface area (Å²) in [6.07, 6.45) is 1.57. The molecule has 3 heteroatoms. The topological polar surface area (TPSA) is 28.7 Å². The summed E-state index contributed by atoms with van der Waals surface area (Å²) in [6.45, 7) is 1.87. The molecule has 0 aliphatic rings. The summed E-state index contributed by atoms with van der Waals surface area (Å²) in [5.74, 6) is 0. The highest BCUT2D eigenvalue weighted by Crippen LogP contribution is 2.05. The van der Waals surface area contributed by atoms with Gasteiger partial charge in [-0.3, -0.25) is 0 Å². The minimum Gasteiger partial charge on any atom is -0.347 e. The first-order valence-corrected chi connectivity index (χ1v) is 2.34. The van der Waals surface area contributed by atoms with E-state index in [2.05, 4.69) is 9.97 Å². The molecule has 0 radical (unpaired) electrons. The number of imidazole rings is 1. The number of rotatable bonds is 0. The highest BCUT2D eigenvalue weighted by Gasteiger charge is 1.90. The second-order valence-corrected chi connectivity index (χ2v) is 1.68. The van der Waals surface area contributed by atoms with Crippen LogP contribution < -0.4 is 0 Å². The van der Waals surface area contributed by atoms with Crippen molar-refractivity contribution in [1.29, 1.82) is 0 Å². The Balaban J connectivity index is 3.12. The molecular formula is C4H5ClN2. The molecule has 0 saturated heterocycles. The van der Waals surface area contributed by atoms with Crippen molar-refractivity contribution in [2.75, 3.05) is 0 Å². The summed E-state index contributed by atoms with van der Waals surface area (Å²) < 4.78 is 0. The molecule has 1 aromatic heterocycles. The molecule has 1 rings (SSSR count). The van der Waals surface area contributed by atoms with Crippen LogP contribution in [-0.2, 0) is 0 Å². The monoisotopic (exact) mass is 116 g/mol. The lowest BCUT2D eigenvalue weighted by Crippen LogP contribution is -1.65. The number of aryl methyl sites for hydroxylation is 1. The van der Waals surface area contributed by atoms with Crippen molar-refractivity contribution in [1.82, 2.24) is 9.97 Å². The zero-order valence-electron chi connectivity index (χ0n) is 3.90. The number of H-pyrrole nitrogens is 1. The molecule has 0 saturated carbocycles. The number of nitrogens with zero attached hydrogens (tertiary/aromatic N) is 1. The van der Waals surface area contributed by atoms with E-state index in [1.54, 1.807) is 6.33 Å². The second kappa shape index (κ2) is 1.54. The van der Waals surface area contributed by atoms with Crippen molar-refractivity contribution in [3.05, 3.63) is 17.2 Å². The molecule has 0 amide bonds. The summed E-state index contributed by atoms with van der Waals surface area (Å²) in [6, 6.07) is 0. The van der Waals surface area contributed by atoms with E-state index in [1.165, 1.54) is 0 Å². The van der Waals surface area contributed by atoms with Crippen LogP contribution in [0.4, 0.5) is 0 Å². The zero-order valence-corrected chi connectivity index (χ0v) is 4.66. The number of hydrogen-bond donors (Lipinski definition) is 1. The summed E-state index contributed by atoms with van der Waals surface area (Å²) in [5.41, 5.74) is 0.918. The van der Waals surface area contributed by atoms with Crippen LogP contribution in [0, 0.1) is 6.92 Å². The van der Waals surface area contributed by atoms with E-state index in [-0.39, 0.29) is 0 Å². The standard InChI is InChI=1S/C4H5ClN2/c1-3-4(5)7-2-6-3/h2H,1H3,(H,6,7). The number of halogens is 1. The summed E-state index contributed by atoms with van der Waals surface area (Å²) in [5, 5.41) is 0.556. The van der Waals surface area contributed by atoms with Gasteiger partial charge in [-0.25, -0.2) is 4.98 Å². The molecule has 0 aliphatic carbocycles. The molecule has 1 N–H and O–H groups in total. The Morgan fingerprint density at radius 1 is 1.86 bits per heavy atom. The predicted molar refractivity (Wildman–Crippen MR) is 28.3 cm³/mol. The van der Waals surface area contributed by atoms with Crippen LogP contribution in [0.1, 0.15) is 5.69 Å². The van der Waals surface area contributed by atoms with Crippen molar-refractivity contribution in [3.8, 4) is 0 Å². The van der Waals surface area contributed by atoms with Gasteiger partial charge in [-0.2, -0.15) is 0 Å². The fraction of sp³-hybridized carbons (Fsp3) is 0.250.